The number of nitrogens with two attached hydrogens (primary N) is 1. The Bertz CT molecular complexity index is 451. The second kappa shape index (κ2) is 8.34. The van der Waals surface area contributed by atoms with Crippen LogP contribution in [0.4, 0.5) is 0 Å². The average molecular weight is 264 g/mol. The summed E-state index contributed by atoms with van der Waals surface area (Å²) in [6.45, 7) is 6.49. The van der Waals surface area contributed by atoms with E-state index in [9.17, 15) is 4.79 Å². The number of aliphatic imine (C=N–C) groups is 1. The number of unbranched alkanes of at least 4 members (excludes halogenated alkanes) is 1. The molecule has 0 amide bonds. The van der Waals surface area contributed by atoms with Crippen molar-refractivity contribution in [3.63, 3.8) is 0 Å². The van der Waals surface area contributed by atoms with Gasteiger partial charge in [0.2, 0.25) is 5.56 Å². The Hall–Kier alpha value is -1.78. The van der Waals surface area contributed by atoms with Gasteiger partial charge in [0, 0.05) is 31.9 Å². The average Bonchev–Trinajstić information content (AvgIpc) is 2.38. The third-order valence-corrected chi connectivity index (χ3v) is 2.66. The Kier molecular flexibility index (Phi) is 6.71. The number of nitrogens with one attached hydrogen (secondary N) is 1. The van der Waals surface area contributed by atoms with Crippen LogP contribution in [0.25, 0.3) is 0 Å². The molecule has 0 spiro atoms. The molecule has 1 aromatic heterocycles. The number of nitrogens with zero attached hydrogens (tertiary/aromatic N) is 2. The summed E-state index contributed by atoms with van der Waals surface area (Å²) >= 11 is 0. The first-order valence-corrected chi connectivity index (χ1v) is 6.79. The zero-order valence-corrected chi connectivity index (χ0v) is 11.8. The fourth-order valence-corrected chi connectivity index (χ4v) is 1.61. The topological polar surface area (TPSA) is 72.4 Å². The summed E-state index contributed by atoms with van der Waals surface area (Å²) in [7, 11) is 0. The van der Waals surface area contributed by atoms with E-state index in [1.54, 1.807) is 16.7 Å². The van der Waals surface area contributed by atoms with Gasteiger partial charge in [0.15, 0.2) is 5.96 Å². The third-order valence-electron chi connectivity index (χ3n) is 2.66. The number of aryl methyl sites for hydroxylation is 1. The number of pyridine rings is 1. The van der Waals surface area contributed by atoms with E-state index in [2.05, 4.69) is 24.2 Å². The van der Waals surface area contributed by atoms with Crippen LogP contribution in [0.5, 0.6) is 0 Å². The quantitative estimate of drug-likeness (QED) is 0.441. The van der Waals surface area contributed by atoms with Crippen LogP contribution in [0.2, 0.25) is 0 Å². The highest BCUT2D eigenvalue weighted by Gasteiger charge is 1.96. The molecule has 0 saturated heterocycles. The molecule has 106 valence electrons. The van der Waals surface area contributed by atoms with E-state index in [0.717, 1.165) is 32.5 Å². The molecular formula is C14H24N4O. The summed E-state index contributed by atoms with van der Waals surface area (Å²) in [4.78, 5) is 15.7. The first kappa shape index (κ1) is 15.3. The lowest BCUT2D eigenvalue weighted by Gasteiger charge is -2.07. The summed E-state index contributed by atoms with van der Waals surface area (Å²) in [5, 5.41) is 3.08. The van der Waals surface area contributed by atoms with Crippen molar-refractivity contribution >= 4 is 5.96 Å². The smallest absolute Gasteiger partial charge is 0.250 e. The van der Waals surface area contributed by atoms with Gasteiger partial charge in [-0.15, -0.1) is 0 Å². The highest BCUT2D eigenvalue weighted by Crippen LogP contribution is 1.93. The highest BCUT2D eigenvalue weighted by molar-refractivity contribution is 5.77. The van der Waals surface area contributed by atoms with E-state index in [-0.39, 0.29) is 5.56 Å². The first-order valence-electron chi connectivity index (χ1n) is 6.79. The highest BCUT2D eigenvalue weighted by atomic mass is 16.1. The fourth-order valence-electron chi connectivity index (χ4n) is 1.61. The molecule has 0 aromatic carbocycles. The maximum Gasteiger partial charge on any atom is 0.250 e. The molecule has 0 aliphatic heterocycles. The Morgan fingerprint density at radius 3 is 2.89 bits per heavy atom. The minimum atomic E-state index is 0.0495. The van der Waals surface area contributed by atoms with Crippen molar-refractivity contribution in [3.05, 3.63) is 34.7 Å². The molecule has 0 radical (unpaired) electrons. The molecule has 3 N–H and O–H groups in total. The Morgan fingerprint density at radius 2 is 2.21 bits per heavy atom. The molecule has 1 rings (SSSR count). The largest absolute Gasteiger partial charge is 0.370 e. The monoisotopic (exact) mass is 264 g/mol. The molecule has 0 fully saturated rings. The summed E-state index contributed by atoms with van der Waals surface area (Å²) < 4.78 is 1.72. The zero-order valence-electron chi connectivity index (χ0n) is 11.8. The Labute approximate surface area is 114 Å². The van der Waals surface area contributed by atoms with Crippen LogP contribution in [-0.2, 0) is 6.54 Å². The number of hydrogen-bond donors (Lipinski definition) is 2. The van der Waals surface area contributed by atoms with Crippen molar-refractivity contribution in [2.45, 2.75) is 33.2 Å². The van der Waals surface area contributed by atoms with Crippen LogP contribution >= 0.6 is 0 Å². The lowest BCUT2D eigenvalue weighted by Crippen LogP contribution is -2.33. The van der Waals surface area contributed by atoms with Crippen LogP contribution in [0.3, 0.4) is 0 Å². The summed E-state index contributed by atoms with van der Waals surface area (Å²) in [5.41, 5.74) is 5.77. The van der Waals surface area contributed by atoms with Gasteiger partial charge in [-0.3, -0.25) is 9.79 Å². The summed E-state index contributed by atoms with van der Waals surface area (Å²) in [6.07, 6.45) is 3.71. The van der Waals surface area contributed by atoms with Crippen LogP contribution in [0, 0.1) is 5.92 Å². The second-order valence-electron chi connectivity index (χ2n) is 4.99. The van der Waals surface area contributed by atoms with Crippen LogP contribution in [0.15, 0.2) is 34.2 Å². The third kappa shape index (κ3) is 6.64. The van der Waals surface area contributed by atoms with Crippen molar-refractivity contribution in [1.29, 1.82) is 0 Å². The molecule has 0 saturated carbocycles. The number of guanidine groups is 1. The maximum absolute atomic E-state index is 11.4. The standard InChI is InChI=1S/C14H24N4O/c1-12(2)11-17-14(15)16-8-4-6-10-18-9-5-3-7-13(18)19/h3,5,7,9,12H,4,6,8,10-11H2,1-2H3,(H3,15,16,17). The van der Waals surface area contributed by atoms with Crippen LogP contribution in [-0.4, -0.2) is 23.6 Å². The van der Waals surface area contributed by atoms with E-state index in [1.807, 2.05) is 12.3 Å². The molecule has 0 atom stereocenters. The van der Waals surface area contributed by atoms with Crippen molar-refractivity contribution < 1.29 is 0 Å². The number of hydrogen-bond acceptors (Lipinski definition) is 2. The molecule has 0 unspecified atom stereocenters. The van der Waals surface area contributed by atoms with Gasteiger partial charge >= 0.3 is 0 Å². The molecule has 0 aliphatic carbocycles. The molecule has 19 heavy (non-hydrogen) atoms. The van der Waals surface area contributed by atoms with Gasteiger partial charge in [0.1, 0.15) is 0 Å². The lowest BCUT2D eigenvalue weighted by molar-refractivity contribution is 0.586. The molecule has 1 aromatic rings. The minimum Gasteiger partial charge on any atom is -0.370 e. The fraction of sp³-hybridized carbons (Fsp3) is 0.571. The molecule has 5 nitrogen and oxygen atoms in total. The van der Waals surface area contributed by atoms with Gasteiger partial charge in [-0.1, -0.05) is 19.9 Å². The SMILES string of the molecule is CC(C)CN=C(N)NCCCCn1ccccc1=O. The van der Waals surface area contributed by atoms with Gasteiger partial charge in [-0.2, -0.15) is 0 Å². The first-order chi connectivity index (χ1) is 9.09. The summed E-state index contributed by atoms with van der Waals surface area (Å²) in [6, 6.07) is 5.21. The molecule has 1 heterocycles. The number of aromatic nitrogens is 1. The van der Waals surface area contributed by atoms with E-state index in [0.29, 0.717) is 11.9 Å². The molecule has 0 aliphatic rings. The van der Waals surface area contributed by atoms with Gasteiger partial charge in [-0.25, -0.2) is 0 Å². The predicted molar refractivity (Wildman–Crippen MR) is 79.3 cm³/mol. The number of rotatable bonds is 7. The van der Waals surface area contributed by atoms with Gasteiger partial charge < -0.3 is 15.6 Å². The second-order valence-corrected chi connectivity index (χ2v) is 4.99. The van der Waals surface area contributed by atoms with E-state index >= 15 is 0 Å². The van der Waals surface area contributed by atoms with Crippen LogP contribution < -0.4 is 16.6 Å². The van der Waals surface area contributed by atoms with Crippen molar-refractivity contribution in [2.24, 2.45) is 16.6 Å². The van der Waals surface area contributed by atoms with E-state index in [1.165, 1.54) is 0 Å². The van der Waals surface area contributed by atoms with Crippen LogP contribution in [0.1, 0.15) is 26.7 Å². The Morgan fingerprint density at radius 1 is 1.42 bits per heavy atom. The van der Waals surface area contributed by atoms with E-state index in [4.69, 9.17) is 5.73 Å². The lowest BCUT2D eigenvalue weighted by atomic mass is 10.2. The molecular weight excluding hydrogens is 240 g/mol. The Balaban J connectivity index is 2.17. The maximum atomic E-state index is 11.4. The summed E-state index contributed by atoms with van der Waals surface area (Å²) in [5.74, 6) is 1.02. The normalized spacial score (nSPS) is 11.8. The van der Waals surface area contributed by atoms with Gasteiger partial charge in [-0.05, 0) is 24.8 Å². The molecule has 5 heteroatoms. The molecule has 0 bridgehead atoms. The van der Waals surface area contributed by atoms with Crippen molar-refractivity contribution in [3.8, 4) is 0 Å². The minimum absolute atomic E-state index is 0.0495. The van der Waals surface area contributed by atoms with Crippen molar-refractivity contribution in [1.82, 2.24) is 9.88 Å². The predicted octanol–water partition coefficient (Wildman–Crippen LogP) is 1.19. The van der Waals surface area contributed by atoms with E-state index < -0.39 is 0 Å². The zero-order chi connectivity index (χ0) is 14.1. The van der Waals surface area contributed by atoms with Gasteiger partial charge in [0.05, 0.1) is 0 Å². The van der Waals surface area contributed by atoms with Crippen molar-refractivity contribution in [2.75, 3.05) is 13.1 Å². The van der Waals surface area contributed by atoms with Gasteiger partial charge in [0.25, 0.3) is 0 Å².